The third-order valence-electron chi connectivity index (χ3n) is 7.25. The van der Waals surface area contributed by atoms with E-state index in [0.29, 0.717) is 28.6 Å². The van der Waals surface area contributed by atoms with Crippen molar-refractivity contribution < 1.29 is 18.6 Å². The molecule has 1 aliphatic rings. The van der Waals surface area contributed by atoms with Crippen LogP contribution in [-0.4, -0.2) is 21.7 Å². The highest BCUT2D eigenvalue weighted by atomic mass is 28.4. The van der Waals surface area contributed by atoms with Crippen molar-refractivity contribution in [3.63, 3.8) is 0 Å². The molecule has 1 unspecified atom stereocenters. The van der Waals surface area contributed by atoms with Gasteiger partial charge < -0.3 is 18.6 Å². The Hall–Kier alpha value is -4.39. The van der Waals surface area contributed by atoms with Crippen LogP contribution in [0.25, 0.3) is 10.4 Å². The molecule has 0 spiro atoms. The molecule has 0 fully saturated rings. The maximum Gasteiger partial charge on any atom is 0.319 e. The number of hydrogen-bond acceptors (Lipinski definition) is 5. The number of fused-ring (bicyclic) bond motifs is 1. The lowest BCUT2D eigenvalue weighted by atomic mass is 10.0. The molecular weight excluding hydrogens is 518 g/mol. The van der Waals surface area contributed by atoms with E-state index in [9.17, 15) is 5.53 Å². The molecule has 0 radical (unpaired) electrons. The number of para-hydroxylation sites is 1. The quantitative estimate of drug-likeness (QED) is 0.0962. The van der Waals surface area contributed by atoms with Gasteiger partial charge in [-0.05, 0) is 46.1 Å². The van der Waals surface area contributed by atoms with Gasteiger partial charge in [-0.3, -0.25) is 0 Å². The van der Waals surface area contributed by atoms with Gasteiger partial charge in [-0.25, -0.2) is 0 Å². The molecule has 1 atom stereocenters. The minimum Gasteiger partial charge on any atom is -0.534 e. The smallest absolute Gasteiger partial charge is 0.319 e. The van der Waals surface area contributed by atoms with E-state index in [2.05, 4.69) is 79.3 Å². The zero-order valence-electron chi connectivity index (χ0n) is 23.2. The van der Waals surface area contributed by atoms with Gasteiger partial charge in [0.15, 0.2) is 11.5 Å². The van der Waals surface area contributed by atoms with E-state index in [4.69, 9.17) is 18.6 Å². The number of rotatable bonds is 9. The van der Waals surface area contributed by atoms with Crippen LogP contribution in [0.2, 0.25) is 5.04 Å². The number of hydrogen-bond donors (Lipinski definition) is 0. The lowest BCUT2D eigenvalue weighted by molar-refractivity contribution is 0.172. The second-order valence-corrected chi connectivity index (χ2v) is 15.0. The molecule has 4 aromatic carbocycles. The highest BCUT2D eigenvalue weighted by Crippen LogP contribution is 2.48. The molecule has 1 aliphatic heterocycles. The third kappa shape index (κ3) is 5.11. The highest BCUT2D eigenvalue weighted by Gasteiger charge is 2.52. The first-order valence-electron chi connectivity index (χ1n) is 13.3. The normalized spacial score (nSPS) is 13.3. The zero-order chi connectivity index (χ0) is 28.2. The van der Waals surface area contributed by atoms with Crippen LogP contribution in [0.3, 0.4) is 0 Å². The van der Waals surface area contributed by atoms with Crippen molar-refractivity contribution in [3.05, 3.63) is 119 Å². The summed E-state index contributed by atoms with van der Waals surface area (Å²) >= 11 is 0. The summed E-state index contributed by atoms with van der Waals surface area (Å²) in [5.74, 6) is 2.52. The van der Waals surface area contributed by atoms with Gasteiger partial charge in [0.05, 0.1) is 0 Å². The molecule has 0 saturated heterocycles. The third-order valence-corrected chi connectivity index (χ3v) is 12.2. The Labute approximate surface area is 236 Å². The fourth-order valence-electron chi connectivity index (χ4n) is 5.31. The van der Waals surface area contributed by atoms with Crippen LogP contribution in [0.15, 0.2) is 102 Å². The zero-order valence-corrected chi connectivity index (χ0v) is 24.2. The molecule has 0 aliphatic carbocycles. The lowest BCUT2D eigenvalue weighted by Crippen LogP contribution is -2.68. The Morgan fingerprint density at radius 2 is 1.43 bits per heavy atom. The summed E-state index contributed by atoms with van der Waals surface area (Å²) < 4.78 is 25.2. The van der Waals surface area contributed by atoms with Gasteiger partial charge in [0.2, 0.25) is 6.79 Å². The fourth-order valence-corrected chi connectivity index (χ4v) is 9.78. The molecular formula is C32H33N3O4Si. The van der Waals surface area contributed by atoms with Crippen molar-refractivity contribution in [3.8, 4) is 23.0 Å². The predicted octanol–water partition coefficient (Wildman–Crippen LogP) is 7.09. The number of nitrogens with zero attached hydrogens (tertiary/aromatic N) is 3. The van der Waals surface area contributed by atoms with Gasteiger partial charge in [0, 0.05) is 16.0 Å². The first-order chi connectivity index (χ1) is 19.3. The lowest BCUT2D eigenvalue weighted by Gasteiger charge is -2.43. The highest BCUT2D eigenvalue weighted by molar-refractivity contribution is 7.00. The van der Waals surface area contributed by atoms with Crippen molar-refractivity contribution in [1.82, 2.24) is 0 Å². The van der Waals surface area contributed by atoms with Gasteiger partial charge >= 0.3 is 8.32 Å². The molecule has 0 bridgehead atoms. The Bertz CT molecular complexity index is 1460. The Morgan fingerprint density at radius 1 is 0.875 bits per heavy atom. The molecule has 204 valence electrons. The summed E-state index contributed by atoms with van der Waals surface area (Å²) in [6.45, 7) is 8.89. The molecule has 0 amide bonds. The fraction of sp³-hybridized carbons (Fsp3) is 0.250. The van der Waals surface area contributed by atoms with E-state index < -0.39 is 14.4 Å². The van der Waals surface area contributed by atoms with Gasteiger partial charge in [0.25, 0.3) is 0 Å². The van der Waals surface area contributed by atoms with Crippen LogP contribution in [0.1, 0.15) is 37.9 Å². The van der Waals surface area contributed by atoms with Crippen LogP contribution in [-0.2, 0) is 0 Å². The van der Waals surface area contributed by atoms with Crippen LogP contribution < -0.4 is 29.0 Å². The maximum atomic E-state index is 9.46. The first kappa shape index (κ1) is 27.2. The summed E-state index contributed by atoms with van der Waals surface area (Å²) in [6, 6.07) is 31.6. The molecule has 8 heteroatoms. The van der Waals surface area contributed by atoms with Crippen molar-refractivity contribution in [2.75, 3.05) is 13.4 Å². The number of ether oxygens (including phenoxy) is 3. The van der Waals surface area contributed by atoms with Crippen molar-refractivity contribution in [2.45, 2.75) is 38.8 Å². The van der Waals surface area contributed by atoms with E-state index in [0.717, 1.165) is 15.9 Å². The van der Waals surface area contributed by atoms with Crippen LogP contribution in [0.5, 0.6) is 23.0 Å². The second kappa shape index (κ2) is 11.4. The van der Waals surface area contributed by atoms with Gasteiger partial charge in [-0.1, -0.05) is 105 Å². The molecule has 0 saturated carbocycles. The topological polar surface area (TPSA) is 85.7 Å². The molecule has 0 aromatic heterocycles. The van der Waals surface area contributed by atoms with Gasteiger partial charge in [-0.15, -0.1) is 0 Å². The molecule has 0 N–H and O–H groups in total. The van der Waals surface area contributed by atoms with Crippen LogP contribution >= 0.6 is 0 Å². The van der Waals surface area contributed by atoms with Gasteiger partial charge in [0.1, 0.15) is 24.1 Å². The molecule has 5 rings (SSSR count). The van der Waals surface area contributed by atoms with E-state index in [1.165, 1.54) is 0 Å². The van der Waals surface area contributed by atoms with Crippen molar-refractivity contribution >= 4 is 18.7 Å². The second-order valence-electron chi connectivity index (χ2n) is 10.8. The number of azide groups is 1. The van der Waals surface area contributed by atoms with Crippen molar-refractivity contribution in [2.24, 2.45) is 5.11 Å². The van der Waals surface area contributed by atoms with Crippen LogP contribution in [0.4, 0.5) is 0 Å². The molecule has 4 aromatic rings. The summed E-state index contributed by atoms with van der Waals surface area (Å²) in [6.07, 6.45) is 0. The van der Waals surface area contributed by atoms with Crippen molar-refractivity contribution in [1.29, 1.82) is 0 Å². The first-order valence-corrected chi connectivity index (χ1v) is 15.2. The van der Waals surface area contributed by atoms with E-state index in [-0.39, 0.29) is 18.4 Å². The molecule has 7 nitrogen and oxygen atoms in total. The average molecular weight is 552 g/mol. The SMILES string of the molecule is Cc1c(O[Si](c2ccccc2)(c2ccccc2)C(C)(C)C)cc(C(COc2ccccc2)N=[N+]=[N-])c2c1OCO2. The monoisotopic (exact) mass is 551 g/mol. The standard InChI is InChI=1S/C32H33N3O4Si/c1-23-29(39-40(32(2,3)4,25-16-10-6-11-17-25)26-18-12-7-13-19-26)20-27(31-30(23)37-22-38-31)28(34-35-33)21-36-24-14-8-5-9-15-24/h5-20,28H,21-22H2,1-4H3. The minimum atomic E-state index is -2.93. The maximum absolute atomic E-state index is 9.46. The molecule has 40 heavy (non-hydrogen) atoms. The average Bonchev–Trinajstić information content (AvgIpc) is 3.47. The summed E-state index contributed by atoms with van der Waals surface area (Å²) in [4.78, 5) is 3.13. The Kier molecular flexibility index (Phi) is 7.73. The van der Waals surface area contributed by atoms with Crippen LogP contribution in [0, 0.1) is 6.92 Å². The predicted molar refractivity (Wildman–Crippen MR) is 159 cm³/mol. The molecule has 1 heterocycles. The van der Waals surface area contributed by atoms with E-state index >= 15 is 0 Å². The summed E-state index contributed by atoms with van der Waals surface area (Å²) in [7, 11) is -2.93. The summed E-state index contributed by atoms with van der Waals surface area (Å²) in [5.41, 5.74) is 11.0. The largest absolute Gasteiger partial charge is 0.534 e. The van der Waals surface area contributed by atoms with E-state index in [1.54, 1.807) is 0 Å². The Balaban J connectivity index is 1.66. The Morgan fingerprint density at radius 3 is 1.98 bits per heavy atom. The summed E-state index contributed by atoms with van der Waals surface area (Å²) in [5, 5.41) is 6.18. The minimum absolute atomic E-state index is 0.0777. The number of benzene rings is 4. The van der Waals surface area contributed by atoms with Gasteiger partial charge in [-0.2, -0.15) is 0 Å². The van der Waals surface area contributed by atoms with E-state index in [1.807, 2.05) is 55.5 Å².